The molecule has 5 nitrogen and oxygen atoms in total. The molecule has 0 atom stereocenters. The van der Waals surface area contributed by atoms with Crippen molar-refractivity contribution in [3.8, 4) is 5.75 Å². The van der Waals surface area contributed by atoms with Gasteiger partial charge in [0, 0.05) is 19.4 Å². The Balaban J connectivity index is 1.42. The van der Waals surface area contributed by atoms with Gasteiger partial charge in [-0.15, -0.1) is 0 Å². The van der Waals surface area contributed by atoms with Crippen molar-refractivity contribution in [3.05, 3.63) is 64.2 Å². The van der Waals surface area contributed by atoms with E-state index in [4.69, 9.17) is 16.3 Å². The first-order valence-electron chi connectivity index (χ1n) is 9.33. The normalized spacial score (nSPS) is 14.0. The Bertz CT molecular complexity index is 891. The molecule has 3 rings (SSSR count). The lowest BCUT2D eigenvalue weighted by Gasteiger charge is -2.15. The van der Waals surface area contributed by atoms with Crippen LogP contribution in [-0.4, -0.2) is 36.4 Å². The molecule has 0 saturated carbocycles. The summed E-state index contributed by atoms with van der Waals surface area (Å²) < 4.78 is 33.0. The summed E-state index contributed by atoms with van der Waals surface area (Å²) in [5, 5.41) is 3.27. The SMILES string of the molecule is O=C1CCC(=O)N1CCOc1ccc(CNCCc2ccc(Cl)c(F)c2)cc1F. The standard InChI is InChI=1S/C21H21ClF2N2O3/c22-16-3-1-14(11-17(16)23)7-8-25-13-15-2-4-19(18(24)12-15)29-10-9-26-20(27)5-6-21(26)28/h1-4,11-12,25H,5-10,13H2. The van der Waals surface area contributed by atoms with Crippen molar-refractivity contribution >= 4 is 23.4 Å². The Kier molecular flexibility index (Phi) is 7.17. The summed E-state index contributed by atoms with van der Waals surface area (Å²) >= 11 is 5.66. The van der Waals surface area contributed by atoms with Gasteiger partial charge in [0.25, 0.3) is 0 Å². The summed E-state index contributed by atoms with van der Waals surface area (Å²) in [5.41, 5.74) is 1.56. The van der Waals surface area contributed by atoms with E-state index in [2.05, 4.69) is 5.32 Å². The van der Waals surface area contributed by atoms with Gasteiger partial charge in [-0.2, -0.15) is 0 Å². The van der Waals surface area contributed by atoms with Crippen LogP contribution in [0.1, 0.15) is 24.0 Å². The van der Waals surface area contributed by atoms with Crippen LogP contribution in [0.4, 0.5) is 8.78 Å². The molecule has 0 aromatic heterocycles. The number of halogens is 3. The number of rotatable bonds is 9. The molecule has 1 aliphatic heterocycles. The van der Waals surface area contributed by atoms with E-state index in [-0.39, 0.29) is 48.6 Å². The molecular weight excluding hydrogens is 402 g/mol. The highest BCUT2D eigenvalue weighted by molar-refractivity contribution is 6.30. The number of hydrogen-bond donors (Lipinski definition) is 1. The fourth-order valence-electron chi connectivity index (χ4n) is 3.05. The molecule has 8 heteroatoms. The Morgan fingerprint density at radius 3 is 2.38 bits per heavy atom. The zero-order valence-electron chi connectivity index (χ0n) is 15.7. The minimum absolute atomic E-state index is 0.0453. The van der Waals surface area contributed by atoms with Gasteiger partial charge in [0.2, 0.25) is 11.8 Å². The lowest BCUT2D eigenvalue weighted by atomic mass is 10.1. The van der Waals surface area contributed by atoms with Crippen LogP contribution in [0.2, 0.25) is 5.02 Å². The van der Waals surface area contributed by atoms with E-state index in [0.717, 1.165) is 16.0 Å². The fraction of sp³-hybridized carbons (Fsp3) is 0.333. The van der Waals surface area contributed by atoms with Gasteiger partial charge in [-0.3, -0.25) is 14.5 Å². The van der Waals surface area contributed by atoms with E-state index < -0.39 is 11.6 Å². The van der Waals surface area contributed by atoms with Crippen molar-refractivity contribution in [1.82, 2.24) is 10.2 Å². The number of carbonyl (C=O) groups excluding carboxylic acids is 2. The first-order chi connectivity index (χ1) is 13.9. The topological polar surface area (TPSA) is 58.6 Å². The van der Waals surface area contributed by atoms with E-state index in [1.807, 2.05) is 0 Å². The maximum Gasteiger partial charge on any atom is 0.229 e. The molecule has 1 fully saturated rings. The first kappa shape index (κ1) is 21.2. The monoisotopic (exact) mass is 422 g/mol. The zero-order chi connectivity index (χ0) is 20.8. The summed E-state index contributed by atoms with van der Waals surface area (Å²) in [6.07, 6.45) is 1.06. The molecule has 2 amide bonds. The summed E-state index contributed by atoms with van der Waals surface area (Å²) in [4.78, 5) is 24.2. The highest BCUT2D eigenvalue weighted by Gasteiger charge is 2.28. The number of nitrogens with one attached hydrogen (secondary N) is 1. The number of imide groups is 1. The Hall–Kier alpha value is -2.51. The third kappa shape index (κ3) is 5.74. The molecule has 0 aliphatic carbocycles. The molecule has 1 saturated heterocycles. The molecule has 1 N–H and O–H groups in total. The molecule has 0 bridgehead atoms. The predicted molar refractivity (Wildman–Crippen MR) is 105 cm³/mol. The largest absolute Gasteiger partial charge is 0.489 e. The summed E-state index contributed by atoms with van der Waals surface area (Å²) in [7, 11) is 0. The quantitative estimate of drug-likeness (QED) is 0.496. The van der Waals surface area contributed by atoms with Crippen LogP contribution in [0.25, 0.3) is 0 Å². The average molecular weight is 423 g/mol. The van der Waals surface area contributed by atoms with Crippen LogP contribution in [0.5, 0.6) is 5.75 Å². The molecule has 1 aliphatic rings. The number of amides is 2. The van der Waals surface area contributed by atoms with Crippen LogP contribution in [0, 0.1) is 11.6 Å². The maximum absolute atomic E-state index is 14.2. The number of likely N-dealkylation sites (tertiary alicyclic amines) is 1. The number of nitrogens with zero attached hydrogens (tertiary/aromatic N) is 1. The molecule has 0 unspecified atom stereocenters. The minimum atomic E-state index is -0.511. The van der Waals surface area contributed by atoms with Crippen molar-refractivity contribution in [2.75, 3.05) is 19.7 Å². The van der Waals surface area contributed by atoms with Gasteiger partial charge in [0.1, 0.15) is 12.4 Å². The van der Waals surface area contributed by atoms with Gasteiger partial charge in [0.15, 0.2) is 11.6 Å². The molecule has 0 spiro atoms. The second kappa shape index (κ2) is 9.80. The Morgan fingerprint density at radius 2 is 1.69 bits per heavy atom. The maximum atomic E-state index is 14.2. The molecule has 1 heterocycles. The van der Waals surface area contributed by atoms with Crippen LogP contribution in [0.15, 0.2) is 36.4 Å². The first-order valence-corrected chi connectivity index (χ1v) is 9.71. The predicted octanol–water partition coefficient (Wildman–Crippen LogP) is 3.48. The number of benzene rings is 2. The van der Waals surface area contributed by atoms with Gasteiger partial charge in [0.05, 0.1) is 11.6 Å². The smallest absolute Gasteiger partial charge is 0.229 e. The second-order valence-corrected chi connectivity index (χ2v) is 7.13. The van der Waals surface area contributed by atoms with Crippen LogP contribution in [-0.2, 0) is 22.6 Å². The Morgan fingerprint density at radius 1 is 1.00 bits per heavy atom. The van der Waals surface area contributed by atoms with Gasteiger partial charge < -0.3 is 10.1 Å². The average Bonchev–Trinajstić information content (AvgIpc) is 3.01. The molecular formula is C21H21ClF2N2O3. The second-order valence-electron chi connectivity index (χ2n) is 6.73. The van der Waals surface area contributed by atoms with E-state index in [1.54, 1.807) is 12.1 Å². The minimum Gasteiger partial charge on any atom is -0.489 e. The third-order valence-electron chi connectivity index (χ3n) is 4.63. The number of ether oxygens (including phenoxy) is 1. The zero-order valence-corrected chi connectivity index (χ0v) is 16.5. The lowest BCUT2D eigenvalue weighted by Crippen LogP contribution is -2.33. The van der Waals surface area contributed by atoms with Crippen molar-refractivity contribution in [1.29, 1.82) is 0 Å². The van der Waals surface area contributed by atoms with Crippen molar-refractivity contribution in [2.45, 2.75) is 25.8 Å². The fourth-order valence-corrected chi connectivity index (χ4v) is 3.17. The number of hydrogen-bond acceptors (Lipinski definition) is 4. The summed E-state index contributed by atoms with van der Waals surface area (Å²) in [5.74, 6) is -1.32. The molecule has 29 heavy (non-hydrogen) atoms. The van der Waals surface area contributed by atoms with Crippen molar-refractivity contribution < 1.29 is 23.1 Å². The van der Waals surface area contributed by atoms with Crippen molar-refractivity contribution in [3.63, 3.8) is 0 Å². The molecule has 2 aromatic carbocycles. The van der Waals surface area contributed by atoms with Crippen molar-refractivity contribution in [2.24, 2.45) is 0 Å². The van der Waals surface area contributed by atoms with Crippen LogP contribution < -0.4 is 10.1 Å². The summed E-state index contributed by atoms with van der Waals surface area (Å²) in [6, 6.07) is 9.32. The highest BCUT2D eigenvalue weighted by Crippen LogP contribution is 2.19. The van der Waals surface area contributed by atoms with Crippen LogP contribution in [0.3, 0.4) is 0 Å². The van der Waals surface area contributed by atoms with Gasteiger partial charge >= 0.3 is 0 Å². The van der Waals surface area contributed by atoms with E-state index in [1.165, 1.54) is 24.3 Å². The van der Waals surface area contributed by atoms with Gasteiger partial charge in [-0.25, -0.2) is 8.78 Å². The van der Waals surface area contributed by atoms with E-state index in [9.17, 15) is 18.4 Å². The molecule has 0 radical (unpaired) electrons. The summed E-state index contributed by atoms with van der Waals surface area (Å²) in [6.45, 7) is 1.21. The Labute approximate surface area is 172 Å². The van der Waals surface area contributed by atoms with E-state index in [0.29, 0.717) is 19.5 Å². The van der Waals surface area contributed by atoms with E-state index >= 15 is 0 Å². The third-order valence-corrected chi connectivity index (χ3v) is 4.93. The lowest BCUT2D eigenvalue weighted by molar-refractivity contribution is -0.138. The molecule has 154 valence electrons. The highest BCUT2D eigenvalue weighted by atomic mass is 35.5. The van der Waals surface area contributed by atoms with Gasteiger partial charge in [-0.1, -0.05) is 23.7 Å². The van der Waals surface area contributed by atoms with Crippen LogP contribution >= 0.6 is 11.6 Å². The van der Waals surface area contributed by atoms with Gasteiger partial charge in [-0.05, 0) is 48.4 Å². The molecule has 2 aromatic rings. The number of carbonyl (C=O) groups is 2.